The zero-order valence-corrected chi connectivity index (χ0v) is 17.5. The summed E-state index contributed by atoms with van der Waals surface area (Å²) in [4.78, 5) is 18.1. The Balaban J connectivity index is 1.44. The van der Waals surface area contributed by atoms with E-state index in [4.69, 9.17) is 16.3 Å². The van der Waals surface area contributed by atoms with Gasteiger partial charge in [-0.05, 0) is 24.6 Å². The monoisotopic (exact) mass is 432 g/mol. The van der Waals surface area contributed by atoms with Crippen LogP contribution in [0.1, 0.15) is 6.42 Å². The smallest absolute Gasteiger partial charge is 0.321 e. The molecule has 2 N–H and O–H groups in total. The fourth-order valence-corrected chi connectivity index (χ4v) is 4.10. The standard InChI is InChI=1S/C19H21ClN6O2S/c1-28-8-2-6-25-11-13(10-22-25)23-18-24-17(12-29-18)15-4-3-14(9-16(15)20)26-7-5-21-19(26)27/h3-4,9-12H,2,5-8H2,1H3,(H,21,27)(H,23,24). The molecule has 2 aromatic heterocycles. The van der Waals surface area contributed by atoms with E-state index in [1.807, 2.05) is 28.4 Å². The van der Waals surface area contributed by atoms with Crippen LogP contribution in [0.3, 0.4) is 0 Å². The molecule has 0 aliphatic carbocycles. The molecular weight excluding hydrogens is 412 g/mol. The number of hydrogen-bond acceptors (Lipinski definition) is 6. The molecule has 3 heterocycles. The van der Waals surface area contributed by atoms with Crippen LogP contribution in [0.5, 0.6) is 0 Å². The molecule has 2 amide bonds. The number of ether oxygens (including phenoxy) is 1. The first-order valence-electron chi connectivity index (χ1n) is 9.23. The largest absolute Gasteiger partial charge is 0.385 e. The summed E-state index contributed by atoms with van der Waals surface area (Å²) in [6, 6.07) is 5.49. The highest BCUT2D eigenvalue weighted by atomic mass is 35.5. The topological polar surface area (TPSA) is 84.3 Å². The Morgan fingerprint density at radius 1 is 1.41 bits per heavy atom. The molecule has 8 nitrogen and oxygen atoms in total. The lowest BCUT2D eigenvalue weighted by Gasteiger charge is -2.15. The van der Waals surface area contributed by atoms with E-state index in [-0.39, 0.29) is 6.03 Å². The Morgan fingerprint density at radius 3 is 3.07 bits per heavy atom. The van der Waals surface area contributed by atoms with Crippen molar-refractivity contribution < 1.29 is 9.53 Å². The van der Waals surface area contributed by atoms with Gasteiger partial charge in [0.2, 0.25) is 0 Å². The van der Waals surface area contributed by atoms with Gasteiger partial charge in [0, 0.05) is 56.2 Å². The third-order valence-corrected chi connectivity index (χ3v) is 5.59. The summed E-state index contributed by atoms with van der Waals surface area (Å²) in [6.45, 7) is 2.79. The average molecular weight is 433 g/mol. The van der Waals surface area contributed by atoms with Crippen LogP contribution in [0.25, 0.3) is 11.3 Å². The summed E-state index contributed by atoms with van der Waals surface area (Å²) in [5.74, 6) is 0. The van der Waals surface area contributed by atoms with Gasteiger partial charge in [-0.2, -0.15) is 5.10 Å². The number of thiazole rings is 1. The Hall–Kier alpha value is -2.62. The van der Waals surface area contributed by atoms with Crippen molar-refractivity contribution in [3.63, 3.8) is 0 Å². The summed E-state index contributed by atoms with van der Waals surface area (Å²) in [5, 5.41) is 13.7. The lowest BCUT2D eigenvalue weighted by Crippen LogP contribution is -2.27. The van der Waals surface area contributed by atoms with Crippen molar-refractivity contribution in [2.24, 2.45) is 0 Å². The van der Waals surface area contributed by atoms with Crippen LogP contribution in [0.2, 0.25) is 5.02 Å². The molecule has 1 fully saturated rings. The Morgan fingerprint density at radius 2 is 2.31 bits per heavy atom. The van der Waals surface area contributed by atoms with Crippen LogP contribution in [-0.4, -0.2) is 47.6 Å². The minimum Gasteiger partial charge on any atom is -0.385 e. The van der Waals surface area contributed by atoms with Crippen LogP contribution >= 0.6 is 22.9 Å². The highest BCUT2D eigenvalue weighted by Gasteiger charge is 2.22. The number of anilines is 3. The number of methoxy groups -OCH3 is 1. The van der Waals surface area contributed by atoms with E-state index < -0.39 is 0 Å². The van der Waals surface area contributed by atoms with Crippen LogP contribution in [0.15, 0.2) is 36.0 Å². The van der Waals surface area contributed by atoms with E-state index >= 15 is 0 Å². The number of carbonyl (C=O) groups excluding carboxylic acids is 1. The van der Waals surface area contributed by atoms with Gasteiger partial charge >= 0.3 is 6.03 Å². The summed E-state index contributed by atoms with van der Waals surface area (Å²) in [6.07, 6.45) is 4.63. The number of aromatic nitrogens is 3. The molecule has 0 spiro atoms. The molecule has 10 heteroatoms. The third kappa shape index (κ3) is 4.52. The molecule has 1 saturated heterocycles. The maximum Gasteiger partial charge on any atom is 0.321 e. The van der Waals surface area contributed by atoms with Gasteiger partial charge in [0.15, 0.2) is 5.13 Å². The molecule has 1 aliphatic rings. The van der Waals surface area contributed by atoms with Gasteiger partial charge in [0.1, 0.15) is 0 Å². The van der Waals surface area contributed by atoms with E-state index in [0.717, 1.165) is 40.7 Å². The van der Waals surface area contributed by atoms with Crippen LogP contribution < -0.4 is 15.5 Å². The molecule has 1 aromatic carbocycles. The number of urea groups is 1. The average Bonchev–Trinajstić information content (AvgIpc) is 3.44. The molecule has 3 aromatic rings. The first-order valence-corrected chi connectivity index (χ1v) is 10.5. The lowest BCUT2D eigenvalue weighted by atomic mass is 10.1. The number of carbonyl (C=O) groups is 1. The zero-order chi connectivity index (χ0) is 20.2. The van der Waals surface area contributed by atoms with Crippen LogP contribution in [-0.2, 0) is 11.3 Å². The van der Waals surface area contributed by atoms with Crippen molar-refractivity contribution in [2.45, 2.75) is 13.0 Å². The molecule has 152 valence electrons. The van der Waals surface area contributed by atoms with E-state index in [1.165, 1.54) is 11.3 Å². The zero-order valence-electron chi connectivity index (χ0n) is 15.9. The minimum absolute atomic E-state index is 0.100. The number of amides is 2. The molecule has 0 unspecified atom stereocenters. The van der Waals surface area contributed by atoms with Crippen molar-refractivity contribution in [3.05, 3.63) is 41.0 Å². The fraction of sp³-hybridized carbons (Fsp3) is 0.316. The van der Waals surface area contributed by atoms with Crippen molar-refractivity contribution >= 4 is 45.5 Å². The summed E-state index contributed by atoms with van der Waals surface area (Å²) in [5.41, 5.74) is 3.27. The lowest BCUT2D eigenvalue weighted by molar-refractivity contribution is 0.189. The van der Waals surface area contributed by atoms with Gasteiger partial charge in [-0.1, -0.05) is 11.6 Å². The molecule has 4 rings (SSSR count). The van der Waals surface area contributed by atoms with Crippen LogP contribution in [0.4, 0.5) is 21.3 Å². The number of nitrogens with one attached hydrogen (secondary N) is 2. The predicted molar refractivity (Wildman–Crippen MR) is 115 cm³/mol. The number of benzene rings is 1. The molecule has 0 atom stereocenters. The second-order valence-electron chi connectivity index (χ2n) is 6.55. The SMILES string of the molecule is COCCCn1cc(Nc2nc(-c3ccc(N4CCNC4=O)cc3Cl)cs2)cn1. The molecule has 0 bridgehead atoms. The summed E-state index contributed by atoms with van der Waals surface area (Å²) < 4.78 is 6.94. The minimum atomic E-state index is -0.100. The maximum atomic E-state index is 11.8. The molecule has 0 radical (unpaired) electrons. The molecule has 0 saturated carbocycles. The van der Waals surface area contributed by atoms with Gasteiger partial charge in [0.05, 0.1) is 22.6 Å². The Kier molecular flexibility index (Phi) is 5.98. The third-order valence-electron chi connectivity index (χ3n) is 4.52. The number of aryl methyl sites for hydroxylation is 1. The second-order valence-corrected chi connectivity index (χ2v) is 7.81. The van der Waals surface area contributed by atoms with Crippen molar-refractivity contribution in [2.75, 3.05) is 37.0 Å². The van der Waals surface area contributed by atoms with E-state index in [2.05, 4.69) is 20.7 Å². The predicted octanol–water partition coefficient (Wildman–Crippen LogP) is 3.97. The number of rotatable bonds is 8. The Labute approximate surface area is 177 Å². The fourth-order valence-electron chi connectivity index (χ4n) is 3.10. The second kappa shape index (κ2) is 8.81. The highest BCUT2D eigenvalue weighted by molar-refractivity contribution is 7.14. The van der Waals surface area contributed by atoms with Gasteiger partial charge in [-0.15, -0.1) is 11.3 Å². The van der Waals surface area contributed by atoms with Crippen LogP contribution in [0, 0.1) is 0 Å². The number of halogens is 1. The maximum absolute atomic E-state index is 11.8. The van der Waals surface area contributed by atoms with Gasteiger partial charge in [-0.3, -0.25) is 9.58 Å². The van der Waals surface area contributed by atoms with Crippen molar-refractivity contribution in [1.29, 1.82) is 0 Å². The van der Waals surface area contributed by atoms with Gasteiger partial charge in [-0.25, -0.2) is 9.78 Å². The molecule has 1 aliphatic heterocycles. The van der Waals surface area contributed by atoms with Gasteiger partial charge in [0.25, 0.3) is 0 Å². The quantitative estimate of drug-likeness (QED) is 0.526. The molecular formula is C19H21ClN6O2S. The first kappa shape index (κ1) is 19.7. The van der Waals surface area contributed by atoms with E-state index in [0.29, 0.717) is 24.7 Å². The Bertz CT molecular complexity index is 1000. The van der Waals surface area contributed by atoms with E-state index in [9.17, 15) is 4.79 Å². The number of nitrogens with zero attached hydrogens (tertiary/aromatic N) is 4. The van der Waals surface area contributed by atoms with Gasteiger partial charge < -0.3 is 15.4 Å². The number of hydrogen-bond donors (Lipinski definition) is 2. The highest BCUT2D eigenvalue weighted by Crippen LogP contribution is 2.34. The van der Waals surface area contributed by atoms with Crippen molar-refractivity contribution in [1.82, 2.24) is 20.1 Å². The molecule has 29 heavy (non-hydrogen) atoms. The summed E-state index contributed by atoms with van der Waals surface area (Å²) >= 11 is 7.98. The summed E-state index contributed by atoms with van der Waals surface area (Å²) in [7, 11) is 1.69. The van der Waals surface area contributed by atoms with E-state index in [1.54, 1.807) is 24.3 Å². The van der Waals surface area contributed by atoms with Crippen molar-refractivity contribution in [3.8, 4) is 11.3 Å². The normalized spacial score (nSPS) is 13.7. The first-order chi connectivity index (χ1) is 14.1.